The lowest BCUT2D eigenvalue weighted by Crippen LogP contribution is -2.30. The van der Waals surface area contributed by atoms with Gasteiger partial charge >= 0.3 is 0 Å². The lowest BCUT2D eigenvalue weighted by molar-refractivity contribution is 0.259. The first-order valence-electron chi connectivity index (χ1n) is 6.21. The molecular weight excluding hydrogens is 290 g/mol. The van der Waals surface area contributed by atoms with E-state index < -0.39 is 26.6 Å². The van der Waals surface area contributed by atoms with Crippen molar-refractivity contribution in [2.24, 2.45) is 5.92 Å². The van der Waals surface area contributed by atoms with Crippen molar-refractivity contribution in [1.82, 2.24) is 4.31 Å². The van der Waals surface area contributed by atoms with Crippen LogP contribution in [0, 0.1) is 17.6 Å². The van der Waals surface area contributed by atoms with Gasteiger partial charge in [0.15, 0.2) is 4.90 Å². The largest absolute Gasteiger partial charge is 0.399 e. The fourth-order valence-electron chi connectivity index (χ4n) is 2.39. The fourth-order valence-corrected chi connectivity index (χ4v) is 4.01. The summed E-state index contributed by atoms with van der Waals surface area (Å²) in [5, 5.41) is 8.85. The zero-order valence-electron chi connectivity index (χ0n) is 10.7. The molecule has 1 saturated heterocycles. The molecule has 20 heavy (non-hydrogen) atoms. The second kappa shape index (κ2) is 5.63. The number of rotatable bonds is 4. The molecule has 1 aromatic rings. The minimum Gasteiger partial charge on any atom is -0.399 e. The van der Waals surface area contributed by atoms with Gasteiger partial charge in [0, 0.05) is 25.4 Å². The molecule has 1 aliphatic rings. The van der Waals surface area contributed by atoms with E-state index in [4.69, 9.17) is 10.8 Å². The van der Waals surface area contributed by atoms with Gasteiger partial charge in [0.25, 0.3) is 0 Å². The molecule has 1 heterocycles. The monoisotopic (exact) mass is 306 g/mol. The summed E-state index contributed by atoms with van der Waals surface area (Å²) in [6.07, 6.45) is 1.04. The van der Waals surface area contributed by atoms with Crippen molar-refractivity contribution < 1.29 is 22.3 Å². The van der Waals surface area contributed by atoms with E-state index in [-0.39, 0.29) is 31.3 Å². The Labute approximate surface area is 116 Å². The zero-order chi connectivity index (χ0) is 14.9. The average Bonchev–Trinajstić information content (AvgIpc) is 2.76. The van der Waals surface area contributed by atoms with Gasteiger partial charge in [-0.25, -0.2) is 17.2 Å². The number of aliphatic hydroxyl groups excluding tert-OH is 1. The highest BCUT2D eigenvalue weighted by Gasteiger charge is 2.36. The smallest absolute Gasteiger partial charge is 0.248 e. The van der Waals surface area contributed by atoms with E-state index in [2.05, 4.69) is 0 Å². The average molecular weight is 306 g/mol. The van der Waals surface area contributed by atoms with E-state index in [1.165, 1.54) is 0 Å². The minimum atomic E-state index is -4.22. The van der Waals surface area contributed by atoms with Gasteiger partial charge in [-0.05, 0) is 30.9 Å². The van der Waals surface area contributed by atoms with E-state index in [9.17, 15) is 17.2 Å². The summed E-state index contributed by atoms with van der Waals surface area (Å²) in [6, 6.07) is 1.58. The summed E-state index contributed by atoms with van der Waals surface area (Å²) >= 11 is 0. The standard InChI is InChI=1S/C12H16F2N2O3S/c13-10-5-9(15)6-11(14)12(10)20(18,19)16-3-1-8(7-16)2-4-17/h5-6,8,17H,1-4,7,15H2. The molecule has 0 radical (unpaired) electrons. The van der Waals surface area contributed by atoms with Gasteiger partial charge in [0.05, 0.1) is 0 Å². The van der Waals surface area contributed by atoms with Crippen molar-refractivity contribution in [3.05, 3.63) is 23.8 Å². The Kier molecular flexibility index (Phi) is 4.26. The molecule has 0 aromatic heterocycles. The molecule has 1 fully saturated rings. The van der Waals surface area contributed by atoms with Crippen LogP contribution in [0.15, 0.2) is 17.0 Å². The Morgan fingerprint density at radius 3 is 2.50 bits per heavy atom. The van der Waals surface area contributed by atoms with Crippen LogP contribution in [-0.2, 0) is 10.0 Å². The molecule has 8 heteroatoms. The third-order valence-electron chi connectivity index (χ3n) is 3.40. The summed E-state index contributed by atoms with van der Waals surface area (Å²) in [4.78, 5) is -0.962. The molecular formula is C12H16F2N2O3S. The Morgan fingerprint density at radius 1 is 1.35 bits per heavy atom. The van der Waals surface area contributed by atoms with Crippen LogP contribution in [0.3, 0.4) is 0 Å². The maximum atomic E-state index is 13.7. The molecule has 0 bridgehead atoms. The molecule has 1 aromatic carbocycles. The number of aliphatic hydroxyl groups is 1. The second-order valence-electron chi connectivity index (χ2n) is 4.84. The van der Waals surface area contributed by atoms with E-state index in [1.54, 1.807) is 0 Å². The van der Waals surface area contributed by atoms with Crippen molar-refractivity contribution >= 4 is 15.7 Å². The SMILES string of the molecule is Nc1cc(F)c(S(=O)(=O)N2CCC(CCO)C2)c(F)c1. The summed E-state index contributed by atoms with van der Waals surface area (Å²) < 4.78 is 53.1. The van der Waals surface area contributed by atoms with Crippen LogP contribution in [0.5, 0.6) is 0 Å². The van der Waals surface area contributed by atoms with Crippen molar-refractivity contribution in [1.29, 1.82) is 0 Å². The fraction of sp³-hybridized carbons (Fsp3) is 0.500. The highest BCUT2D eigenvalue weighted by molar-refractivity contribution is 7.89. The highest BCUT2D eigenvalue weighted by atomic mass is 32.2. The molecule has 1 unspecified atom stereocenters. The number of sulfonamides is 1. The lowest BCUT2D eigenvalue weighted by atomic mass is 10.1. The van der Waals surface area contributed by atoms with Gasteiger partial charge in [-0.2, -0.15) is 4.31 Å². The predicted molar refractivity (Wildman–Crippen MR) is 69.3 cm³/mol. The first-order chi connectivity index (χ1) is 9.36. The van der Waals surface area contributed by atoms with Crippen LogP contribution in [0.25, 0.3) is 0 Å². The van der Waals surface area contributed by atoms with Gasteiger partial charge in [-0.3, -0.25) is 0 Å². The van der Waals surface area contributed by atoms with Crippen molar-refractivity contribution in [3.63, 3.8) is 0 Å². The number of nitrogens with zero attached hydrogens (tertiary/aromatic N) is 1. The van der Waals surface area contributed by atoms with Gasteiger partial charge in [-0.15, -0.1) is 0 Å². The molecule has 0 spiro atoms. The van der Waals surface area contributed by atoms with E-state index in [1.807, 2.05) is 0 Å². The molecule has 1 aliphatic heterocycles. The Bertz CT molecular complexity index is 584. The summed E-state index contributed by atoms with van der Waals surface area (Å²) in [5.74, 6) is -2.36. The molecule has 112 valence electrons. The van der Waals surface area contributed by atoms with Crippen LogP contribution < -0.4 is 5.73 Å². The predicted octanol–water partition coefficient (Wildman–Crippen LogP) is 0.940. The third kappa shape index (κ3) is 2.77. The number of nitrogens with two attached hydrogens (primary N) is 1. The molecule has 0 amide bonds. The van der Waals surface area contributed by atoms with Crippen molar-refractivity contribution in [2.45, 2.75) is 17.7 Å². The van der Waals surface area contributed by atoms with Gasteiger partial charge in [0.1, 0.15) is 11.6 Å². The molecule has 5 nitrogen and oxygen atoms in total. The molecule has 3 N–H and O–H groups in total. The van der Waals surface area contributed by atoms with Crippen LogP contribution in [0.2, 0.25) is 0 Å². The summed E-state index contributed by atoms with van der Waals surface area (Å²) in [5.41, 5.74) is 5.10. The van der Waals surface area contributed by atoms with Crippen molar-refractivity contribution in [3.8, 4) is 0 Å². The summed E-state index contributed by atoms with van der Waals surface area (Å²) in [7, 11) is -4.22. The Balaban J connectivity index is 2.33. The Hall–Kier alpha value is -1.25. The number of hydrogen-bond donors (Lipinski definition) is 2. The highest BCUT2D eigenvalue weighted by Crippen LogP contribution is 2.29. The van der Waals surface area contributed by atoms with Crippen LogP contribution in [-0.4, -0.2) is 37.5 Å². The number of halogens is 2. The van der Waals surface area contributed by atoms with Crippen LogP contribution in [0.1, 0.15) is 12.8 Å². The van der Waals surface area contributed by atoms with Gasteiger partial charge in [-0.1, -0.05) is 0 Å². The van der Waals surface area contributed by atoms with E-state index >= 15 is 0 Å². The first-order valence-corrected chi connectivity index (χ1v) is 7.65. The topological polar surface area (TPSA) is 83.6 Å². The lowest BCUT2D eigenvalue weighted by Gasteiger charge is -2.17. The van der Waals surface area contributed by atoms with Crippen LogP contribution >= 0.6 is 0 Å². The molecule has 1 atom stereocenters. The maximum absolute atomic E-state index is 13.7. The first kappa shape index (κ1) is 15.1. The normalized spacial score (nSPS) is 20.4. The quantitative estimate of drug-likeness (QED) is 0.811. The number of nitrogen functional groups attached to an aromatic ring is 1. The number of hydrogen-bond acceptors (Lipinski definition) is 4. The molecule has 2 rings (SSSR count). The van der Waals surface area contributed by atoms with Crippen molar-refractivity contribution in [2.75, 3.05) is 25.4 Å². The third-order valence-corrected chi connectivity index (χ3v) is 5.32. The van der Waals surface area contributed by atoms with Crippen LogP contribution in [0.4, 0.5) is 14.5 Å². The minimum absolute atomic E-state index is 0.00896. The van der Waals surface area contributed by atoms with Gasteiger partial charge in [0.2, 0.25) is 10.0 Å². The maximum Gasteiger partial charge on any atom is 0.248 e. The molecule has 0 saturated carbocycles. The number of benzene rings is 1. The van der Waals surface area contributed by atoms with Gasteiger partial charge < -0.3 is 10.8 Å². The Morgan fingerprint density at radius 2 is 1.95 bits per heavy atom. The van der Waals surface area contributed by atoms with E-state index in [0.29, 0.717) is 12.8 Å². The number of anilines is 1. The van der Waals surface area contributed by atoms with E-state index in [0.717, 1.165) is 16.4 Å². The molecule has 0 aliphatic carbocycles. The summed E-state index contributed by atoms with van der Waals surface area (Å²) in [6.45, 7) is 0.311. The second-order valence-corrected chi connectivity index (χ2v) is 6.72. The zero-order valence-corrected chi connectivity index (χ0v) is 11.5.